The first-order valence-electron chi connectivity index (χ1n) is 4.16. The SMILES string of the molecule is NC(=O)c1cccnc1CCO.O=[N+]([O-])O. The number of nitrogens with two attached hydrogens (primary N) is 1. The lowest BCUT2D eigenvalue weighted by atomic mass is 10.1. The zero-order chi connectivity index (χ0) is 12.6. The van der Waals surface area contributed by atoms with Crippen LogP contribution in [0.4, 0.5) is 0 Å². The van der Waals surface area contributed by atoms with Crippen molar-refractivity contribution in [1.29, 1.82) is 0 Å². The number of pyridine rings is 1. The third-order valence-electron chi connectivity index (χ3n) is 1.50. The van der Waals surface area contributed by atoms with Gasteiger partial charge in [-0.2, -0.15) is 0 Å². The van der Waals surface area contributed by atoms with Crippen LogP contribution in [0.3, 0.4) is 0 Å². The molecule has 88 valence electrons. The van der Waals surface area contributed by atoms with Crippen LogP contribution in [0, 0.1) is 10.1 Å². The second-order valence-electron chi connectivity index (χ2n) is 2.57. The molecule has 8 heteroatoms. The van der Waals surface area contributed by atoms with Crippen molar-refractivity contribution < 1.29 is 20.2 Å². The molecular formula is C8H11N3O5. The molecule has 0 aliphatic heterocycles. The Kier molecular flexibility index (Phi) is 6.13. The minimum Gasteiger partial charge on any atom is -0.396 e. The first kappa shape index (κ1) is 13.8. The molecule has 0 aliphatic carbocycles. The molecule has 0 spiro atoms. The Morgan fingerprint density at radius 2 is 2.19 bits per heavy atom. The van der Waals surface area contributed by atoms with Crippen LogP contribution >= 0.6 is 0 Å². The van der Waals surface area contributed by atoms with Crippen molar-refractivity contribution in [3.8, 4) is 0 Å². The normalized spacial score (nSPS) is 8.81. The summed E-state index contributed by atoms with van der Waals surface area (Å²) in [6.07, 6.45) is 1.93. The molecule has 0 unspecified atom stereocenters. The highest BCUT2D eigenvalue weighted by Crippen LogP contribution is 2.04. The van der Waals surface area contributed by atoms with E-state index in [1.807, 2.05) is 0 Å². The first-order valence-corrected chi connectivity index (χ1v) is 4.16. The van der Waals surface area contributed by atoms with Crippen molar-refractivity contribution in [3.05, 3.63) is 39.7 Å². The van der Waals surface area contributed by atoms with Crippen LogP contribution in [-0.4, -0.2) is 32.9 Å². The van der Waals surface area contributed by atoms with Crippen molar-refractivity contribution in [3.63, 3.8) is 0 Å². The Labute approximate surface area is 90.4 Å². The summed E-state index contributed by atoms with van der Waals surface area (Å²) in [5.74, 6) is -0.508. The van der Waals surface area contributed by atoms with Gasteiger partial charge in [-0.3, -0.25) is 9.78 Å². The zero-order valence-electron chi connectivity index (χ0n) is 8.24. The van der Waals surface area contributed by atoms with Crippen LogP contribution in [0.5, 0.6) is 0 Å². The number of aliphatic hydroxyl groups is 1. The van der Waals surface area contributed by atoms with E-state index in [2.05, 4.69) is 4.98 Å². The first-order chi connectivity index (χ1) is 7.49. The minimum atomic E-state index is -1.50. The van der Waals surface area contributed by atoms with Crippen molar-refractivity contribution in [1.82, 2.24) is 4.98 Å². The fraction of sp³-hybridized carbons (Fsp3) is 0.250. The van der Waals surface area contributed by atoms with E-state index in [-0.39, 0.29) is 6.61 Å². The smallest absolute Gasteiger partial charge is 0.291 e. The Morgan fingerprint density at radius 3 is 2.62 bits per heavy atom. The van der Waals surface area contributed by atoms with Gasteiger partial charge in [0.1, 0.15) is 0 Å². The van der Waals surface area contributed by atoms with Gasteiger partial charge in [0.2, 0.25) is 0 Å². The van der Waals surface area contributed by atoms with E-state index in [1.165, 1.54) is 0 Å². The number of carbonyl (C=O) groups is 1. The van der Waals surface area contributed by atoms with Crippen LogP contribution in [0.25, 0.3) is 0 Å². The van der Waals surface area contributed by atoms with Crippen molar-refractivity contribution in [2.75, 3.05) is 6.61 Å². The quantitative estimate of drug-likeness (QED) is 0.465. The number of amides is 1. The minimum absolute atomic E-state index is 0.0305. The molecule has 0 fully saturated rings. The topological polar surface area (TPSA) is 140 Å². The van der Waals surface area contributed by atoms with Gasteiger partial charge in [-0.15, -0.1) is 10.1 Å². The molecule has 1 aromatic heterocycles. The molecule has 0 atom stereocenters. The molecule has 1 rings (SSSR count). The maximum atomic E-state index is 10.8. The molecule has 8 nitrogen and oxygen atoms in total. The van der Waals surface area contributed by atoms with Gasteiger partial charge in [0.25, 0.3) is 11.0 Å². The number of aliphatic hydroxyl groups excluding tert-OH is 1. The second kappa shape index (κ2) is 7.12. The molecule has 0 aromatic carbocycles. The molecule has 1 heterocycles. The second-order valence-corrected chi connectivity index (χ2v) is 2.57. The van der Waals surface area contributed by atoms with Crippen LogP contribution < -0.4 is 5.73 Å². The predicted octanol–water partition coefficient (Wildman–Crippen LogP) is -0.632. The molecule has 1 aromatic rings. The van der Waals surface area contributed by atoms with Crippen LogP contribution in [0.15, 0.2) is 18.3 Å². The molecule has 0 radical (unpaired) electrons. The summed E-state index contributed by atoms with van der Waals surface area (Å²) in [4.78, 5) is 23.1. The van der Waals surface area contributed by atoms with E-state index < -0.39 is 11.0 Å². The highest BCUT2D eigenvalue weighted by molar-refractivity contribution is 5.93. The van der Waals surface area contributed by atoms with Gasteiger partial charge in [-0.1, -0.05) is 0 Å². The lowest BCUT2D eigenvalue weighted by Gasteiger charge is -2.01. The third-order valence-corrected chi connectivity index (χ3v) is 1.50. The largest absolute Gasteiger partial charge is 0.396 e. The van der Waals surface area contributed by atoms with Gasteiger partial charge >= 0.3 is 0 Å². The summed E-state index contributed by atoms with van der Waals surface area (Å²) in [5, 5.41) is 22.3. The van der Waals surface area contributed by atoms with Gasteiger partial charge < -0.3 is 16.0 Å². The van der Waals surface area contributed by atoms with Crippen molar-refractivity contribution >= 4 is 5.91 Å². The van der Waals surface area contributed by atoms with Crippen LogP contribution in [-0.2, 0) is 6.42 Å². The molecule has 1 amide bonds. The molecule has 0 saturated carbocycles. The fourth-order valence-electron chi connectivity index (χ4n) is 0.967. The maximum absolute atomic E-state index is 10.8. The van der Waals surface area contributed by atoms with Crippen molar-refractivity contribution in [2.45, 2.75) is 6.42 Å². The molecular weight excluding hydrogens is 218 g/mol. The summed E-state index contributed by atoms with van der Waals surface area (Å²) in [7, 11) is 0. The number of hydrogen-bond donors (Lipinski definition) is 3. The van der Waals surface area contributed by atoms with E-state index in [4.69, 9.17) is 26.2 Å². The Morgan fingerprint density at radius 1 is 1.62 bits per heavy atom. The van der Waals surface area contributed by atoms with Gasteiger partial charge in [-0.25, -0.2) is 0 Å². The van der Waals surface area contributed by atoms with E-state index in [0.717, 1.165) is 0 Å². The lowest BCUT2D eigenvalue weighted by molar-refractivity contribution is -0.742. The van der Waals surface area contributed by atoms with E-state index in [0.29, 0.717) is 17.7 Å². The third kappa shape index (κ3) is 5.50. The molecule has 16 heavy (non-hydrogen) atoms. The van der Waals surface area contributed by atoms with E-state index >= 15 is 0 Å². The van der Waals surface area contributed by atoms with E-state index in [9.17, 15) is 4.79 Å². The average Bonchev–Trinajstić information content (AvgIpc) is 2.18. The number of rotatable bonds is 3. The number of primary amides is 1. The Bertz CT molecular complexity index is 364. The van der Waals surface area contributed by atoms with Gasteiger partial charge in [0.05, 0.1) is 11.3 Å². The standard InChI is InChI=1S/C8H10N2O2.HNO3/c9-8(12)6-2-1-4-10-7(6)3-5-11;2-1(3)4/h1-2,4,11H,3,5H2,(H2,9,12);(H,2,3,4). The highest BCUT2D eigenvalue weighted by atomic mass is 16.9. The van der Waals surface area contributed by atoms with Gasteiger partial charge in [-0.05, 0) is 12.1 Å². The summed E-state index contributed by atoms with van der Waals surface area (Å²) in [6, 6.07) is 3.24. The molecule has 4 N–H and O–H groups in total. The van der Waals surface area contributed by atoms with Crippen LogP contribution in [0.1, 0.15) is 16.1 Å². The average molecular weight is 229 g/mol. The number of nitrogens with zero attached hydrogens (tertiary/aromatic N) is 2. The lowest BCUT2D eigenvalue weighted by Crippen LogP contribution is -2.15. The molecule has 0 saturated heterocycles. The van der Waals surface area contributed by atoms with Gasteiger partial charge in [0, 0.05) is 19.2 Å². The predicted molar refractivity (Wildman–Crippen MR) is 52.3 cm³/mol. The molecule has 0 aliphatic rings. The maximum Gasteiger partial charge on any atom is 0.291 e. The molecule has 0 bridgehead atoms. The Balaban J connectivity index is 0.000000487. The summed E-state index contributed by atoms with van der Waals surface area (Å²) < 4.78 is 0. The zero-order valence-corrected chi connectivity index (χ0v) is 8.24. The summed E-state index contributed by atoms with van der Waals surface area (Å²) in [6.45, 7) is -0.0305. The number of aromatic nitrogens is 1. The van der Waals surface area contributed by atoms with Crippen LogP contribution in [0.2, 0.25) is 0 Å². The highest BCUT2D eigenvalue weighted by Gasteiger charge is 2.06. The number of hydrogen-bond acceptors (Lipinski definition) is 5. The number of carbonyl (C=O) groups excluding carboxylic acids is 1. The monoisotopic (exact) mass is 229 g/mol. The van der Waals surface area contributed by atoms with Crippen molar-refractivity contribution in [2.24, 2.45) is 5.73 Å². The van der Waals surface area contributed by atoms with Gasteiger partial charge in [0.15, 0.2) is 0 Å². The van der Waals surface area contributed by atoms with E-state index in [1.54, 1.807) is 18.3 Å². The summed E-state index contributed by atoms with van der Waals surface area (Å²) in [5.41, 5.74) is 6.01. The summed E-state index contributed by atoms with van der Waals surface area (Å²) >= 11 is 0. The Hall–Kier alpha value is -2.22. The fourth-order valence-corrected chi connectivity index (χ4v) is 0.967.